The van der Waals surface area contributed by atoms with E-state index in [9.17, 15) is 5.11 Å². The van der Waals surface area contributed by atoms with E-state index in [2.05, 4.69) is 35.9 Å². The van der Waals surface area contributed by atoms with Crippen molar-refractivity contribution in [3.63, 3.8) is 0 Å². The summed E-state index contributed by atoms with van der Waals surface area (Å²) in [6.07, 6.45) is 6.57. The molecule has 0 aromatic carbocycles. The van der Waals surface area contributed by atoms with Crippen LogP contribution in [0.15, 0.2) is 18.3 Å². The normalized spacial score (nSPS) is 19.5. The fraction of sp³-hybridized carbons (Fsp3) is 0.688. The van der Waals surface area contributed by atoms with E-state index in [1.807, 2.05) is 6.20 Å². The molecule has 1 aromatic rings. The molecular formula is C16H26N2O. The van der Waals surface area contributed by atoms with E-state index in [1.165, 1.54) is 12.0 Å². The van der Waals surface area contributed by atoms with Crippen molar-refractivity contribution in [2.45, 2.75) is 51.6 Å². The molecule has 106 valence electrons. The van der Waals surface area contributed by atoms with Crippen LogP contribution in [0.3, 0.4) is 0 Å². The number of aliphatic hydroxyl groups is 1. The molecule has 0 atom stereocenters. The Kier molecular flexibility index (Phi) is 4.94. The molecule has 19 heavy (non-hydrogen) atoms. The topological polar surface area (TPSA) is 36.4 Å². The van der Waals surface area contributed by atoms with Gasteiger partial charge >= 0.3 is 0 Å². The molecule has 0 spiro atoms. The SMILES string of the molecule is CCCN1CCC(O)(Cc2ccc(CC)cn2)CC1. The number of likely N-dealkylation sites (tertiary alicyclic amines) is 1. The third-order valence-corrected chi connectivity index (χ3v) is 4.13. The fourth-order valence-electron chi connectivity index (χ4n) is 2.79. The van der Waals surface area contributed by atoms with Gasteiger partial charge in [-0.1, -0.05) is 19.9 Å². The van der Waals surface area contributed by atoms with Gasteiger partial charge in [0.15, 0.2) is 0 Å². The number of nitrogens with zero attached hydrogens (tertiary/aromatic N) is 2. The zero-order valence-corrected chi connectivity index (χ0v) is 12.2. The van der Waals surface area contributed by atoms with Gasteiger partial charge in [0.05, 0.1) is 5.60 Å². The van der Waals surface area contributed by atoms with Gasteiger partial charge in [0.2, 0.25) is 0 Å². The third-order valence-electron chi connectivity index (χ3n) is 4.13. The lowest BCUT2D eigenvalue weighted by molar-refractivity contribution is -0.0211. The summed E-state index contributed by atoms with van der Waals surface area (Å²) in [7, 11) is 0. The molecule has 0 saturated carbocycles. The Hall–Kier alpha value is -0.930. The minimum Gasteiger partial charge on any atom is -0.389 e. The molecule has 0 unspecified atom stereocenters. The Morgan fingerprint density at radius 3 is 2.53 bits per heavy atom. The number of aromatic nitrogens is 1. The van der Waals surface area contributed by atoms with Crippen LogP contribution >= 0.6 is 0 Å². The summed E-state index contributed by atoms with van der Waals surface area (Å²) in [4.78, 5) is 6.92. The van der Waals surface area contributed by atoms with Crippen LogP contribution in [0.2, 0.25) is 0 Å². The van der Waals surface area contributed by atoms with Crippen LogP contribution in [0.4, 0.5) is 0 Å². The molecule has 1 saturated heterocycles. The van der Waals surface area contributed by atoms with Gasteiger partial charge in [-0.3, -0.25) is 4.98 Å². The highest BCUT2D eigenvalue weighted by Crippen LogP contribution is 2.25. The first-order valence-corrected chi connectivity index (χ1v) is 7.54. The molecule has 3 nitrogen and oxygen atoms in total. The lowest BCUT2D eigenvalue weighted by atomic mass is 9.86. The van der Waals surface area contributed by atoms with Gasteiger partial charge in [0, 0.05) is 31.4 Å². The molecule has 0 radical (unpaired) electrons. The van der Waals surface area contributed by atoms with Crippen molar-refractivity contribution in [1.29, 1.82) is 0 Å². The Morgan fingerprint density at radius 2 is 2.00 bits per heavy atom. The molecule has 0 bridgehead atoms. The zero-order chi connectivity index (χ0) is 13.7. The first-order valence-electron chi connectivity index (χ1n) is 7.54. The summed E-state index contributed by atoms with van der Waals surface area (Å²) < 4.78 is 0. The summed E-state index contributed by atoms with van der Waals surface area (Å²) in [5, 5.41) is 10.7. The standard InChI is InChI=1S/C16H26N2O/c1-3-9-18-10-7-16(19,8-11-18)12-15-6-5-14(4-2)13-17-15/h5-6,13,19H,3-4,7-12H2,1-2H3. The highest BCUT2D eigenvalue weighted by atomic mass is 16.3. The monoisotopic (exact) mass is 262 g/mol. The van der Waals surface area contributed by atoms with Crippen molar-refractivity contribution in [1.82, 2.24) is 9.88 Å². The molecule has 1 fully saturated rings. The predicted octanol–water partition coefficient (Wildman–Crippen LogP) is 2.42. The largest absolute Gasteiger partial charge is 0.389 e. The molecule has 1 aromatic heterocycles. The van der Waals surface area contributed by atoms with Gasteiger partial charge in [-0.25, -0.2) is 0 Å². The van der Waals surface area contributed by atoms with E-state index in [0.717, 1.165) is 44.6 Å². The van der Waals surface area contributed by atoms with Gasteiger partial charge in [0.1, 0.15) is 0 Å². The van der Waals surface area contributed by atoms with Crippen LogP contribution in [0.5, 0.6) is 0 Å². The number of pyridine rings is 1. The number of hydrogen-bond donors (Lipinski definition) is 1. The van der Waals surface area contributed by atoms with Crippen LogP contribution < -0.4 is 0 Å². The fourth-order valence-corrected chi connectivity index (χ4v) is 2.79. The van der Waals surface area contributed by atoms with Crippen molar-refractivity contribution in [2.75, 3.05) is 19.6 Å². The minimum absolute atomic E-state index is 0.551. The Morgan fingerprint density at radius 1 is 1.26 bits per heavy atom. The van der Waals surface area contributed by atoms with Gasteiger partial charge in [-0.2, -0.15) is 0 Å². The highest BCUT2D eigenvalue weighted by Gasteiger charge is 2.32. The van der Waals surface area contributed by atoms with Crippen molar-refractivity contribution in [3.05, 3.63) is 29.6 Å². The smallest absolute Gasteiger partial charge is 0.0727 e. The van der Waals surface area contributed by atoms with E-state index in [-0.39, 0.29) is 0 Å². The summed E-state index contributed by atoms with van der Waals surface area (Å²) in [6, 6.07) is 4.19. The summed E-state index contributed by atoms with van der Waals surface area (Å²) in [5.41, 5.74) is 1.72. The van der Waals surface area contributed by atoms with Gasteiger partial charge < -0.3 is 10.0 Å². The average Bonchev–Trinajstić information content (AvgIpc) is 2.43. The van der Waals surface area contributed by atoms with Crippen LogP contribution in [-0.2, 0) is 12.8 Å². The van der Waals surface area contributed by atoms with Crippen molar-refractivity contribution < 1.29 is 5.11 Å². The number of piperidine rings is 1. The summed E-state index contributed by atoms with van der Waals surface area (Å²) in [5.74, 6) is 0. The maximum Gasteiger partial charge on any atom is 0.0727 e. The Balaban J connectivity index is 1.91. The molecule has 3 heteroatoms. The number of aryl methyl sites for hydroxylation is 1. The lowest BCUT2D eigenvalue weighted by Gasteiger charge is -2.38. The summed E-state index contributed by atoms with van der Waals surface area (Å²) in [6.45, 7) is 7.52. The maximum absolute atomic E-state index is 10.7. The molecule has 2 rings (SSSR count). The second kappa shape index (κ2) is 6.49. The van der Waals surface area contributed by atoms with Crippen LogP contribution in [0.25, 0.3) is 0 Å². The quantitative estimate of drug-likeness (QED) is 0.885. The highest BCUT2D eigenvalue weighted by molar-refractivity contribution is 5.15. The summed E-state index contributed by atoms with van der Waals surface area (Å²) >= 11 is 0. The van der Waals surface area contributed by atoms with Gasteiger partial charge in [0.25, 0.3) is 0 Å². The molecule has 0 aliphatic carbocycles. The first kappa shape index (κ1) is 14.5. The van der Waals surface area contributed by atoms with E-state index >= 15 is 0 Å². The maximum atomic E-state index is 10.7. The van der Waals surface area contributed by atoms with Crippen LogP contribution in [-0.4, -0.2) is 40.2 Å². The van der Waals surface area contributed by atoms with Crippen molar-refractivity contribution >= 4 is 0 Å². The van der Waals surface area contributed by atoms with Crippen molar-refractivity contribution in [2.24, 2.45) is 0 Å². The van der Waals surface area contributed by atoms with E-state index in [0.29, 0.717) is 6.42 Å². The Bertz CT molecular complexity index is 380. The molecule has 1 aliphatic heterocycles. The molecule has 0 amide bonds. The van der Waals surface area contributed by atoms with E-state index < -0.39 is 5.60 Å². The minimum atomic E-state index is -0.551. The van der Waals surface area contributed by atoms with Crippen LogP contribution in [0.1, 0.15) is 44.4 Å². The molecular weight excluding hydrogens is 236 g/mol. The second-order valence-corrected chi connectivity index (χ2v) is 5.75. The zero-order valence-electron chi connectivity index (χ0n) is 12.2. The second-order valence-electron chi connectivity index (χ2n) is 5.75. The molecule has 2 heterocycles. The van der Waals surface area contributed by atoms with E-state index in [4.69, 9.17) is 0 Å². The third kappa shape index (κ3) is 4.02. The van der Waals surface area contributed by atoms with Crippen molar-refractivity contribution in [3.8, 4) is 0 Å². The predicted molar refractivity (Wildman–Crippen MR) is 78.2 cm³/mol. The van der Waals surface area contributed by atoms with E-state index in [1.54, 1.807) is 0 Å². The first-order chi connectivity index (χ1) is 9.15. The number of rotatable bonds is 5. The lowest BCUT2D eigenvalue weighted by Crippen LogP contribution is -2.45. The van der Waals surface area contributed by atoms with Gasteiger partial charge in [-0.15, -0.1) is 0 Å². The Labute approximate surface area is 116 Å². The number of hydrogen-bond acceptors (Lipinski definition) is 3. The average molecular weight is 262 g/mol. The molecule has 1 N–H and O–H groups in total. The van der Waals surface area contributed by atoms with Crippen LogP contribution in [0, 0.1) is 0 Å². The molecule has 1 aliphatic rings. The van der Waals surface area contributed by atoms with Gasteiger partial charge in [-0.05, 0) is 43.9 Å².